The van der Waals surface area contributed by atoms with Crippen molar-refractivity contribution in [2.24, 2.45) is 0 Å². The van der Waals surface area contributed by atoms with Gasteiger partial charge in [0.15, 0.2) is 0 Å². The molecule has 0 aliphatic heterocycles. The van der Waals surface area contributed by atoms with Crippen LogP contribution in [0.2, 0.25) is 0 Å². The van der Waals surface area contributed by atoms with Gasteiger partial charge in [0.25, 0.3) is 0 Å². The number of hydrogen-bond donors (Lipinski definition) is 0. The van der Waals surface area contributed by atoms with E-state index < -0.39 is 5.60 Å². The molecule has 0 saturated carbocycles. The minimum absolute atomic E-state index is 0.214. The summed E-state index contributed by atoms with van der Waals surface area (Å²) in [7, 11) is 0. The van der Waals surface area contributed by atoms with Crippen molar-refractivity contribution in [2.75, 3.05) is 0 Å². The second kappa shape index (κ2) is 6.23. The van der Waals surface area contributed by atoms with Gasteiger partial charge in [0, 0.05) is 0 Å². The molecule has 2 nitrogen and oxygen atoms in total. The van der Waals surface area contributed by atoms with E-state index in [-0.39, 0.29) is 12.4 Å². The lowest BCUT2D eigenvalue weighted by atomic mass is 10.1. The standard InChI is InChI=1S/C13H20O2/c1-6-8-11(9-7-2)10-12(14)15-13(3,4)5/h6-9H,1,10H2,2-5H3/b9-7-,11-8+. The molecule has 15 heavy (non-hydrogen) atoms. The van der Waals surface area contributed by atoms with Gasteiger partial charge in [-0.05, 0) is 33.3 Å². The molecular weight excluding hydrogens is 188 g/mol. The van der Waals surface area contributed by atoms with Gasteiger partial charge in [-0.25, -0.2) is 0 Å². The van der Waals surface area contributed by atoms with Gasteiger partial charge in [0.2, 0.25) is 0 Å². The van der Waals surface area contributed by atoms with Gasteiger partial charge >= 0.3 is 5.97 Å². The number of rotatable bonds is 4. The Morgan fingerprint density at radius 2 is 2.00 bits per heavy atom. The van der Waals surface area contributed by atoms with Crippen LogP contribution in [0, 0.1) is 0 Å². The Labute approximate surface area is 92.3 Å². The molecule has 0 N–H and O–H groups in total. The SMILES string of the molecule is C=C/C=C(\C=C/C)CC(=O)OC(C)(C)C. The highest BCUT2D eigenvalue weighted by Crippen LogP contribution is 2.12. The summed E-state index contributed by atoms with van der Waals surface area (Å²) in [5.74, 6) is -0.214. The highest BCUT2D eigenvalue weighted by atomic mass is 16.6. The van der Waals surface area contributed by atoms with Gasteiger partial charge in [-0.15, -0.1) is 0 Å². The number of ether oxygens (including phenoxy) is 1. The molecular formula is C13H20O2. The van der Waals surface area contributed by atoms with Crippen LogP contribution in [-0.2, 0) is 9.53 Å². The van der Waals surface area contributed by atoms with Crippen LogP contribution in [0.3, 0.4) is 0 Å². The summed E-state index contributed by atoms with van der Waals surface area (Å²) in [6, 6.07) is 0. The Morgan fingerprint density at radius 1 is 1.40 bits per heavy atom. The third-order valence-electron chi connectivity index (χ3n) is 1.48. The number of carbonyl (C=O) groups excluding carboxylic acids is 1. The molecule has 0 saturated heterocycles. The molecule has 0 fully saturated rings. The van der Waals surface area contributed by atoms with Crippen LogP contribution in [-0.4, -0.2) is 11.6 Å². The number of allylic oxidation sites excluding steroid dienone is 4. The first-order chi connectivity index (χ1) is 6.89. The smallest absolute Gasteiger partial charge is 0.310 e. The van der Waals surface area contributed by atoms with Crippen molar-refractivity contribution >= 4 is 5.97 Å². The lowest BCUT2D eigenvalue weighted by Crippen LogP contribution is -2.23. The lowest BCUT2D eigenvalue weighted by Gasteiger charge is -2.19. The predicted octanol–water partition coefficient (Wildman–Crippen LogP) is 3.41. The predicted molar refractivity (Wildman–Crippen MR) is 63.6 cm³/mol. The molecule has 0 aromatic rings. The number of esters is 1. The highest BCUT2D eigenvalue weighted by Gasteiger charge is 2.16. The second-order valence-electron chi connectivity index (χ2n) is 4.24. The molecule has 0 aromatic heterocycles. The summed E-state index contributed by atoms with van der Waals surface area (Å²) >= 11 is 0. The van der Waals surface area contributed by atoms with Gasteiger partial charge in [-0.2, -0.15) is 0 Å². The van der Waals surface area contributed by atoms with E-state index in [4.69, 9.17) is 4.74 Å². The Kier molecular flexibility index (Phi) is 5.68. The zero-order chi connectivity index (χ0) is 11.9. The maximum Gasteiger partial charge on any atom is 0.310 e. The zero-order valence-electron chi connectivity index (χ0n) is 10.0. The van der Waals surface area contributed by atoms with E-state index in [1.165, 1.54) is 0 Å². The van der Waals surface area contributed by atoms with Crippen molar-refractivity contribution in [1.29, 1.82) is 0 Å². The molecule has 0 aliphatic carbocycles. The van der Waals surface area contributed by atoms with Crippen molar-refractivity contribution in [1.82, 2.24) is 0 Å². The fourth-order valence-corrected chi connectivity index (χ4v) is 1.08. The molecule has 0 atom stereocenters. The summed E-state index contributed by atoms with van der Waals surface area (Å²) in [6.45, 7) is 11.1. The Hall–Kier alpha value is -1.31. The lowest BCUT2D eigenvalue weighted by molar-refractivity contribution is -0.153. The van der Waals surface area contributed by atoms with Crippen LogP contribution in [0.5, 0.6) is 0 Å². The molecule has 0 aliphatic rings. The van der Waals surface area contributed by atoms with Gasteiger partial charge in [-0.1, -0.05) is 30.9 Å². The second-order valence-corrected chi connectivity index (χ2v) is 4.24. The minimum atomic E-state index is -0.424. The van der Waals surface area contributed by atoms with Crippen LogP contribution in [0.4, 0.5) is 0 Å². The summed E-state index contributed by atoms with van der Waals surface area (Å²) in [5.41, 5.74) is 0.480. The molecule has 0 aromatic carbocycles. The molecule has 84 valence electrons. The molecule has 0 amide bonds. The molecule has 0 unspecified atom stereocenters. The third-order valence-corrected chi connectivity index (χ3v) is 1.48. The average molecular weight is 208 g/mol. The van der Waals surface area contributed by atoms with Crippen molar-refractivity contribution in [3.05, 3.63) is 36.5 Å². The first-order valence-electron chi connectivity index (χ1n) is 5.05. The van der Waals surface area contributed by atoms with Crippen molar-refractivity contribution in [3.8, 4) is 0 Å². The number of hydrogen-bond acceptors (Lipinski definition) is 2. The van der Waals surface area contributed by atoms with E-state index in [1.54, 1.807) is 6.08 Å². The first kappa shape index (κ1) is 13.7. The van der Waals surface area contributed by atoms with E-state index >= 15 is 0 Å². The summed E-state index contributed by atoms with van der Waals surface area (Å²) in [6.07, 6.45) is 7.53. The van der Waals surface area contributed by atoms with Crippen molar-refractivity contribution in [3.63, 3.8) is 0 Å². The van der Waals surface area contributed by atoms with Crippen LogP contribution < -0.4 is 0 Å². The molecule has 0 radical (unpaired) electrons. The monoisotopic (exact) mass is 208 g/mol. The van der Waals surface area contributed by atoms with E-state index in [2.05, 4.69) is 6.58 Å². The largest absolute Gasteiger partial charge is 0.460 e. The molecule has 0 spiro atoms. The Bertz CT molecular complexity index is 277. The first-order valence-corrected chi connectivity index (χ1v) is 5.05. The van der Waals surface area contributed by atoms with Gasteiger partial charge in [0.05, 0.1) is 6.42 Å². The van der Waals surface area contributed by atoms with Crippen LogP contribution in [0.25, 0.3) is 0 Å². The quantitative estimate of drug-likeness (QED) is 0.523. The van der Waals surface area contributed by atoms with E-state index in [0.717, 1.165) is 5.57 Å². The zero-order valence-corrected chi connectivity index (χ0v) is 10.0. The maximum atomic E-state index is 11.5. The van der Waals surface area contributed by atoms with E-state index in [1.807, 2.05) is 45.9 Å². The summed E-state index contributed by atoms with van der Waals surface area (Å²) in [5, 5.41) is 0. The molecule has 2 heteroatoms. The molecule has 0 bridgehead atoms. The summed E-state index contributed by atoms with van der Waals surface area (Å²) < 4.78 is 5.21. The van der Waals surface area contributed by atoms with Gasteiger partial charge in [0.1, 0.15) is 5.60 Å². The maximum absolute atomic E-state index is 11.5. The van der Waals surface area contributed by atoms with Gasteiger partial charge in [-0.3, -0.25) is 4.79 Å². The van der Waals surface area contributed by atoms with E-state index in [0.29, 0.717) is 0 Å². The van der Waals surface area contributed by atoms with Gasteiger partial charge < -0.3 is 4.74 Å². The molecule has 0 heterocycles. The fourth-order valence-electron chi connectivity index (χ4n) is 1.08. The Balaban J connectivity index is 4.37. The van der Waals surface area contributed by atoms with E-state index in [9.17, 15) is 4.79 Å². The Morgan fingerprint density at radius 3 is 2.40 bits per heavy atom. The van der Waals surface area contributed by atoms with Crippen LogP contribution in [0.15, 0.2) is 36.5 Å². The topological polar surface area (TPSA) is 26.3 Å². The van der Waals surface area contributed by atoms with Crippen LogP contribution >= 0.6 is 0 Å². The molecule has 0 rings (SSSR count). The normalized spacial score (nSPS) is 12.9. The fraction of sp³-hybridized carbons (Fsp3) is 0.462. The summed E-state index contributed by atoms with van der Waals surface area (Å²) in [4.78, 5) is 11.5. The average Bonchev–Trinajstić information content (AvgIpc) is 2.00. The third kappa shape index (κ3) is 7.74. The van der Waals surface area contributed by atoms with Crippen LogP contribution in [0.1, 0.15) is 34.1 Å². The number of carbonyl (C=O) groups is 1. The minimum Gasteiger partial charge on any atom is -0.460 e. The van der Waals surface area contributed by atoms with Crippen molar-refractivity contribution < 1.29 is 9.53 Å². The van der Waals surface area contributed by atoms with Crippen molar-refractivity contribution in [2.45, 2.75) is 39.7 Å². The highest BCUT2D eigenvalue weighted by molar-refractivity contribution is 5.73.